The summed E-state index contributed by atoms with van der Waals surface area (Å²) >= 11 is 14.7. The van der Waals surface area contributed by atoms with E-state index in [1.165, 1.54) is 12.1 Å². The molecule has 0 aliphatic rings. The molecule has 0 saturated heterocycles. The molecular formula is C10H10BrCl2NO5S. The first kappa shape index (κ1) is 17.7. The van der Waals surface area contributed by atoms with Gasteiger partial charge in [0.1, 0.15) is 10.9 Å². The number of hydrogen-bond donors (Lipinski definition) is 3. The van der Waals surface area contributed by atoms with Crippen LogP contribution in [0.15, 0.2) is 21.5 Å². The Morgan fingerprint density at radius 2 is 1.80 bits per heavy atom. The van der Waals surface area contributed by atoms with Crippen molar-refractivity contribution in [3.8, 4) is 0 Å². The van der Waals surface area contributed by atoms with E-state index in [0.717, 1.165) is 6.92 Å². The van der Waals surface area contributed by atoms with Crippen LogP contribution in [0.1, 0.15) is 6.92 Å². The number of carboxylic acid groups (broad SMARTS) is 1. The van der Waals surface area contributed by atoms with Crippen molar-refractivity contribution in [2.45, 2.75) is 24.0 Å². The van der Waals surface area contributed by atoms with Crippen LogP contribution in [0.4, 0.5) is 0 Å². The fraction of sp³-hybridized carbons (Fsp3) is 0.300. The van der Waals surface area contributed by atoms with Crippen molar-refractivity contribution < 1.29 is 23.4 Å². The predicted octanol–water partition coefficient (Wildman–Crippen LogP) is 1.87. The minimum absolute atomic E-state index is 0.174. The average Bonchev–Trinajstić information content (AvgIpc) is 2.23. The standard InChI is InChI=1S/C10H10BrCl2NO5S/c1-4(15)8(10(16)17)14-20(18,19)9-6(12)2-5(11)3-7(9)13/h2-4,8,14-15H,1H3,(H,16,17). The van der Waals surface area contributed by atoms with E-state index >= 15 is 0 Å². The van der Waals surface area contributed by atoms with Gasteiger partial charge in [0.05, 0.1) is 16.1 Å². The molecule has 0 aromatic heterocycles. The molecule has 0 saturated carbocycles. The Bertz CT molecular complexity index is 612. The molecule has 20 heavy (non-hydrogen) atoms. The van der Waals surface area contributed by atoms with Gasteiger partial charge in [-0.3, -0.25) is 4.79 Å². The molecule has 0 heterocycles. The summed E-state index contributed by atoms with van der Waals surface area (Å²) in [5.41, 5.74) is 0. The van der Waals surface area contributed by atoms with Gasteiger partial charge in [-0.1, -0.05) is 39.1 Å². The molecule has 0 amide bonds. The van der Waals surface area contributed by atoms with E-state index in [2.05, 4.69) is 15.9 Å². The van der Waals surface area contributed by atoms with Gasteiger partial charge in [-0.15, -0.1) is 0 Å². The molecule has 0 spiro atoms. The van der Waals surface area contributed by atoms with Gasteiger partial charge in [0, 0.05) is 4.47 Å². The fourth-order valence-corrected chi connectivity index (χ4v) is 4.57. The normalized spacial score (nSPS) is 14.8. The van der Waals surface area contributed by atoms with Crippen molar-refractivity contribution in [2.24, 2.45) is 0 Å². The monoisotopic (exact) mass is 405 g/mol. The van der Waals surface area contributed by atoms with Crippen molar-refractivity contribution >= 4 is 55.1 Å². The molecule has 3 N–H and O–H groups in total. The van der Waals surface area contributed by atoms with Crippen LogP contribution in [0.3, 0.4) is 0 Å². The number of aliphatic hydroxyl groups excluding tert-OH is 1. The summed E-state index contributed by atoms with van der Waals surface area (Å²) in [5.74, 6) is -1.52. The highest BCUT2D eigenvalue weighted by Gasteiger charge is 2.31. The van der Waals surface area contributed by atoms with Gasteiger partial charge in [0.25, 0.3) is 0 Å². The minimum Gasteiger partial charge on any atom is -0.480 e. The zero-order valence-electron chi connectivity index (χ0n) is 9.97. The summed E-state index contributed by atoms with van der Waals surface area (Å²) in [6, 6.07) is 0.899. The van der Waals surface area contributed by atoms with E-state index in [9.17, 15) is 18.3 Å². The zero-order chi connectivity index (χ0) is 15.7. The Labute approximate surface area is 133 Å². The van der Waals surface area contributed by atoms with E-state index in [1.54, 1.807) is 0 Å². The van der Waals surface area contributed by atoms with Crippen molar-refractivity contribution in [3.05, 3.63) is 26.7 Å². The summed E-state index contributed by atoms with van der Waals surface area (Å²) in [6.45, 7) is 1.14. The molecular weight excluding hydrogens is 397 g/mol. The van der Waals surface area contributed by atoms with Crippen molar-refractivity contribution in [3.63, 3.8) is 0 Å². The highest BCUT2D eigenvalue weighted by molar-refractivity contribution is 9.10. The number of aliphatic carboxylic acids is 1. The van der Waals surface area contributed by atoms with Crippen LogP contribution in [-0.2, 0) is 14.8 Å². The number of carboxylic acids is 1. The Kier molecular flexibility index (Phi) is 5.82. The molecule has 2 unspecified atom stereocenters. The van der Waals surface area contributed by atoms with Crippen LogP contribution in [0.25, 0.3) is 0 Å². The van der Waals surface area contributed by atoms with Crippen LogP contribution in [0.5, 0.6) is 0 Å². The van der Waals surface area contributed by atoms with Gasteiger partial charge in [-0.05, 0) is 19.1 Å². The average molecular weight is 407 g/mol. The van der Waals surface area contributed by atoms with E-state index in [4.69, 9.17) is 28.3 Å². The Hall–Kier alpha value is -0.380. The van der Waals surface area contributed by atoms with E-state index < -0.39 is 33.0 Å². The number of sulfonamides is 1. The lowest BCUT2D eigenvalue weighted by Crippen LogP contribution is -2.47. The lowest BCUT2D eigenvalue weighted by Gasteiger charge is -2.18. The van der Waals surface area contributed by atoms with Gasteiger partial charge in [-0.25, -0.2) is 8.42 Å². The lowest BCUT2D eigenvalue weighted by molar-refractivity contribution is -0.141. The largest absolute Gasteiger partial charge is 0.480 e. The summed E-state index contributed by atoms with van der Waals surface area (Å²) in [4.78, 5) is 10.5. The molecule has 0 aliphatic heterocycles. The number of carbonyl (C=O) groups is 1. The second kappa shape index (κ2) is 6.59. The Morgan fingerprint density at radius 1 is 1.35 bits per heavy atom. The fourth-order valence-electron chi connectivity index (χ4n) is 1.37. The Morgan fingerprint density at radius 3 is 2.15 bits per heavy atom. The van der Waals surface area contributed by atoms with Gasteiger partial charge >= 0.3 is 5.97 Å². The molecule has 1 aromatic rings. The van der Waals surface area contributed by atoms with Crippen LogP contribution in [0, 0.1) is 0 Å². The molecule has 0 aliphatic carbocycles. The topological polar surface area (TPSA) is 104 Å². The van der Waals surface area contributed by atoms with Gasteiger partial charge in [0.15, 0.2) is 0 Å². The number of hydrogen-bond acceptors (Lipinski definition) is 4. The lowest BCUT2D eigenvalue weighted by atomic mass is 10.2. The maximum Gasteiger partial charge on any atom is 0.324 e. The third-order valence-corrected chi connectivity index (χ3v) is 5.08. The number of aliphatic hydroxyl groups is 1. The maximum atomic E-state index is 12.1. The maximum absolute atomic E-state index is 12.1. The van der Waals surface area contributed by atoms with Crippen molar-refractivity contribution in [2.75, 3.05) is 0 Å². The highest BCUT2D eigenvalue weighted by atomic mass is 79.9. The van der Waals surface area contributed by atoms with Gasteiger partial charge in [-0.2, -0.15) is 4.72 Å². The second-order valence-electron chi connectivity index (χ2n) is 3.88. The highest BCUT2D eigenvalue weighted by Crippen LogP contribution is 2.32. The zero-order valence-corrected chi connectivity index (χ0v) is 13.9. The van der Waals surface area contributed by atoms with E-state index in [1.807, 2.05) is 4.72 Å². The first-order valence-electron chi connectivity index (χ1n) is 5.14. The summed E-state index contributed by atoms with van der Waals surface area (Å²) in [6.07, 6.45) is -1.43. The van der Waals surface area contributed by atoms with Crippen LogP contribution in [0.2, 0.25) is 10.0 Å². The van der Waals surface area contributed by atoms with Gasteiger partial charge < -0.3 is 10.2 Å². The van der Waals surface area contributed by atoms with Crippen molar-refractivity contribution in [1.29, 1.82) is 0 Å². The first-order chi connectivity index (χ1) is 9.06. The number of rotatable bonds is 5. The third kappa shape index (κ3) is 4.06. The predicted molar refractivity (Wildman–Crippen MR) is 77.6 cm³/mol. The third-order valence-electron chi connectivity index (χ3n) is 2.26. The quantitative estimate of drug-likeness (QED) is 0.692. The molecule has 0 radical (unpaired) electrons. The van der Waals surface area contributed by atoms with Crippen molar-refractivity contribution in [1.82, 2.24) is 4.72 Å². The molecule has 6 nitrogen and oxygen atoms in total. The summed E-state index contributed by atoms with van der Waals surface area (Å²) in [5, 5.41) is 17.8. The summed E-state index contributed by atoms with van der Waals surface area (Å²) < 4.78 is 26.6. The van der Waals surface area contributed by atoms with Crippen LogP contribution in [-0.4, -0.2) is 36.7 Å². The smallest absolute Gasteiger partial charge is 0.324 e. The molecule has 1 rings (SSSR count). The molecule has 112 valence electrons. The Balaban J connectivity index is 3.28. The van der Waals surface area contributed by atoms with Crippen LogP contribution >= 0.6 is 39.1 Å². The first-order valence-corrected chi connectivity index (χ1v) is 8.17. The molecule has 0 fully saturated rings. The molecule has 10 heteroatoms. The minimum atomic E-state index is -4.30. The van der Waals surface area contributed by atoms with E-state index in [-0.39, 0.29) is 10.0 Å². The molecule has 1 aromatic carbocycles. The van der Waals surface area contributed by atoms with Crippen LogP contribution < -0.4 is 4.72 Å². The number of halogens is 3. The molecule has 2 atom stereocenters. The number of nitrogens with one attached hydrogen (secondary N) is 1. The molecule has 0 bridgehead atoms. The van der Waals surface area contributed by atoms with Gasteiger partial charge in [0.2, 0.25) is 10.0 Å². The SMILES string of the molecule is CC(O)C(NS(=O)(=O)c1c(Cl)cc(Br)cc1Cl)C(=O)O. The second-order valence-corrected chi connectivity index (χ2v) is 7.26. The summed E-state index contributed by atoms with van der Waals surface area (Å²) in [7, 11) is -4.30. The van der Waals surface area contributed by atoms with E-state index in [0.29, 0.717) is 4.47 Å². The number of benzene rings is 1.